The van der Waals surface area contributed by atoms with Crippen molar-refractivity contribution < 1.29 is 12.8 Å². The van der Waals surface area contributed by atoms with Crippen LogP contribution in [-0.2, 0) is 16.6 Å². The van der Waals surface area contributed by atoms with E-state index in [0.29, 0.717) is 18.0 Å². The average Bonchev–Trinajstić information content (AvgIpc) is 3.38. The van der Waals surface area contributed by atoms with Gasteiger partial charge in [0.25, 0.3) is 0 Å². The first-order valence-electron chi connectivity index (χ1n) is 12.3. The number of nitrogens with zero attached hydrogens (tertiary/aromatic N) is 5. The van der Waals surface area contributed by atoms with Gasteiger partial charge in [0.2, 0.25) is 10.0 Å². The SMILES string of the molecule is C[C@H]1CC(n2cnnc2)CCN1c1ccc(CN2[C@@H](C)CC[C@H](c3ccccc3)S2(=O)=O)c(F)c1. The van der Waals surface area contributed by atoms with Crippen LogP contribution in [0.25, 0.3) is 0 Å². The molecule has 0 amide bonds. The smallest absolute Gasteiger partial charge is 0.221 e. The zero-order chi connectivity index (χ0) is 24.6. The summed E-state index contributed by atoms with van der Waals surface area (Å²) < 4.78 is 45.9. The summed E-state index contributed by atoms with van der Waals surface area (Å²) >= 11 is 0. The Labute approximate surface area is 206 Å². The molecule has 2 aliphatic heterocycles. The third-order valence-electron chi connectivity index (χ3n) is 7.60. The zero-order valence-corrected chi connectivity index (χ0v) is 21.0. The fourth-order valence-corrected chi connectivity index (χ4v) is 7.75. The van der Waals surface area contributed by atoms with Crippen LogP contribution >= 0.6 is 0 Å². The molecule has 1 aromatic heterocycles. The topological polar surface area (TPSA) is 71.3 Å². The molecule has 3 aromatic rings. The van der Waals surface area contributed by atoms with Crippen molar-refractivity contribution in [3.8, 4) is 0 Å². The van der Waals surface area contributed by atoms with Crippen LogP contribution in [-0.4, -0.2) is 46.1 Å². The number of hydrogen-bond acceptors (Lipinski definition) is 5. The van der Waals surface area contributed by atoms with Crippen LogP contribution in [0.15, 0.2) is 61.2 Å². The molecule has 0 radical (unpaired) electrons. The normalized spacial score (nSPS) is 27.1. The van der Waals surface area contributed by atoms with Gasteiger partial charge in [0, 0.05) is 42.5 Å². The fourth-order valence-electron chi connectivity index (χ4n) is 5.56. The van der Waals surface area contributed by atoms with Gasteiger partial charge in [-0.3, -0.25) is 0 Å². The largest absolute Gasteiger partial charge is 0.369 e. The molecule has 0 spiro atoms. The highest BCUT2D eigenvalue weighted by Crippen LogP contribution is 2.38. The van der Waals surface area contributed by atoms with Crippen LogP contribution in [0.5, 0.6) is 0 Å². The van der Waals surface area contributed by atoms with E-state index in [1.165, 1.54) is 4.31 Å². The number of anilines is 1. The van der Waals surface area contributed by atoms with Crippen molar-refractivity contribution in [2.45, 2.75) is 69.5 Å². The first-order valence-corrected chi connectivity index (χ1v) is 13.8. The Morgan fingerprint density at radius 1 is 0.971 bits per heavy atom. The molecule has 186 valence electrons. The minimum absolute atomic E-state index is 0.0458. The maximum absolute atomic E-state index is 15.3. The Morgan fingerprint density at radius 2 is 1.71 bits per heavy atom. The molecule has 2 aromatic carbocycles. The van der Waals surface area contributed by atoms with E-state index in [0.717, 1.165) is 37.1 Å². The minimum atomic E-state index is -3.60. The Hall–Kier alpha value is -2.78. The molecular weight excluding hydrogens is 465 g/mol. The Balaban J connectivity index is 1.32. The van der Waals surface area contributed by atoms with Gasteiger partial charge >= 0.3 is 0 Å². The van der Waals surface area contributed by atoms with Crippen molar-refractivity contribution in [3.05, 3.63) is 78.1 Å². The van der Waals surface area contributed by atoms with Gasteiger partial charge in [-0.1, -0.05) is 36.4 Å². The van der Waals surface area contributed by atoms with Gasteiger partial charge in [0.05, 0.1) is 0 Å². The van der Waals surface area contributed by atoms with E-state index >= 15 is 4.39 Å². The standard InChI is InChI=1S/C26H32FN5O2S/c1-19-8-11-26(21-6-4-3-5-7-21)35(33,34)32(19)16-22-9-10-24(15-25(22)27)31-13-12-23(14-20(31)2)30-17-28-29-18-30/h3-7,9-10,15,17-20,23,26H,8,11-14,16H2,1-2H3/t19-,20-,23?,26+/m0/s1. The van der Waals surface area contributed by atoms with Gasteiger partial charge in [-0.2, -0.15) is 4.31 Å². The van der Waals surface area contributed by atoms with E-state index in [-0.39, 0.29) is 24.4 Å². The van der Waals surface area contributed by atoms with E-state index in [9.17, 15) is 8.42 Å². The van der Waals surface area contributed by atoms with E-state index in [4.69, 9.17) is 0 Å². The lowest BCUT2D eigenvalue weighted by Gasteiger charge is -2.40. The van der Waals surface area contributed by atoms with E-state index in [2.05, 4.69) is 22.0 Å². The minimum Gasteiger partial charge on any atom is -0.369 e. The summed E-state index contributed by atoms with van der Waals surface area (Å²) in [4.78, 5) is 2.22. The van der Waals surface area contributed by atoms with Gasteiger partial charge in [0.1, 0.15) is 23.7 Å². The van der Waals surface area contributed by atoms with Crippen molar-refractivity contribution in [3.63, 3.8) is 0 Å². The number of benzene rings is 2. The molecule has 35 heavy (non-hydrogen) atoms. The maximum Gasteiger partial charge on any atom is 0.221 e. The van der Waals surface area contributed by atoms with Gasteiger partial charge in [-0.25, -0.2) is 12.8 Å². The van der Waals surface area contributed by atoms with Crippen molar-refractivity contribution in [2.24, 2.45) is 0 Å². The lowest BCUT2D eigenvalue weighted by molar-refractivity contribution is 0.279. The van der Waals surface area contributed by atoms with Crippen LogP contribution in [0.1, 0.15) is 61.9 Å². The predicted molar refractivity (Wildman–Crippen MR) is 134 cm³/mol. The number of halogens is 1. The second-order valence-corrected chi connectivity index (χ2v) is 11.9. The van der Waals surface area contributed by atoms with Crippen molar-refractivity contribution >= 4 is 15.7 Å². The first-order chi connectivity index (χ1) is 16.8. The maximum atomic E-state index is 15.3. The molecule has 0 bridgehead atoms. The van der Waals surface area contributed by atoms with Crippen molar-refractivity contribution in [1.29, 1.82) is 0 Å². The summed E-state index contributed by atoms with van der Waals surface area (Å²) in [5.41, 5.74) is 2.03. The quantitative estimate of drug-likeness (QED) is 0.511. The zero-order valence-electron chi connectivity index (χ0n) is 20.2. The highest BCUT2D eigenvalue weighted by Gasteiger charge is 2.40. The third kappa shape index (κ3) is 4.71. The van der Waals surface area contributed by atoms with Crippen LogP contribution < -0.4 is 4.90 Å². The molecule has 9 heteroatoms. The van der Waals surface area contributed by atoms with Gasteiger partial charge < -0.3 is 9.47 Å². The number of piperidine rings is 1. The van der Waals surface area contributed by atoms with E-state index in [1.54, 1.807) is 24.8 Å². The molecule has 5 rings (SSSR count). The molecule has 4 atom stereocenters. The van der Waals surface area contributed by atoms with Crippen LogP contribution in [0.3, 0.4) is 0 Å². The Morgan fingerprint density at radius 3 is 2.40 bits per heavy atom. The van der Waals surface area contributed by atoms with Gasteiger partial charge in [-0.05, 0) is 57.2 Å². The molecule has 7 nitrogen and oxygen atoms in total. The summed E-state index contributed by atoms with van der Waals surface area (Å²) in [5, 5.41) is 7.23. The summed E-state index contributed by atoms with van der Waals surface area (Å²) in [6.45, 7) is 4.91. The summed E-state index contributed by atoms with van der Waals surface area (Å²) in [7, 11) is -3.60. The number of hydrogen-bond donors (Lipinski definition) is 0. The van der Waals surface area contributed by atoms with Gasteiger partial charge in [-0.15, -0.1) is 10.2 Å². The lowest BCUT2D eigenvalue weighted by atomic mass is 9.97. The second-order valence-electron chi connectivity index (χ2n) is 9.82. The number of sulfonamides is 1. The van der Waals surface area contributed by atoms with Crippen LogP contribution in [0.4, 0.5) is 10.1 Å². The highest BCUT2D eigenvalue weighted by molar-refractivity contribution is 7.89. The Bertz CT molecular complexity index is 1250. The second kappa shape index (κ2) is 9.70. The average molecular weight is 498 g/mol. The van der Waals surface area contributed by atoms with Crippen molar-refractivity contribution in [1.82, 2.24) is 19.1 Å². The lowest BCUT2D eigenvalue weighted by Crippen LogP contribution is -2.45. The summed E-state index contributed by atoms with van der Waals surface area (Å²) in [6, 6.07) is 15.0. The third-order valence-corrected chi connectivity index (χ3v) is 9.97. The number of rotatable bonds is 5. The fraction of sp³-hybridized carbons (Fsp3) is 0.462. The van der Waals surface area contributed by atoms with Crippen LogP contribution in [0, 0.1) is 5.82 Å². The van der Waals surface area contributed by atoms with Crippen molar-refractivity contribution in [2.75, 3.05) is 11.4 Å². The van der Waals surface area contributed by atoms with Crippen LogP contribution in [0.2, 0.25) is 0 Å². The molecule has 2 saturated heterocycles. The molecular formula is C26H32FN5O2S. The molecule has 2 fully saturated rings. The molecule has 1 unspecified atom stereocenters. The molecule has 0 N–H and O–H groups in total. The van der Waals surface area contributed by atoms with E-state index < -0.39 is 15.3 Å². The number of aromatic nitrogens is 3. The predicted octanol–water partition coefficient (Wildman–Crippen LogP) is 4.70. The van der Waals surface area contributed by atoms with E-state index in [1.807, 2.05) is 47.9 Å². The summed E-state index contributed by atoms with van der Waals surface area (Å²) in [6.07, 6.45) is 6.67. The molecule has 0 saturated carbocycles. The Kier molecular flexibility index (Phi) is 6.63. The molecule has 2 aliphatic rings. The first kappa shape index (κ1) is 23.9. The monoisotopic (exact) mass is 497 g/mol. The summed E-state index contributed by atoms with van der Waals surface area (Å²) in [5.74, 6) is -0.361. The highest BCUT2D eigenvalue weighted by atomic mass is 32.2. The molecule has 0 aliphatic carbocycles. The molecule has 3 heterocycles. The van der Waals surface area contributed by atoms with Gasteiger partial charge in [0.15, 0.2) is 0 Å².